The summed E-state index contributed by atoms with van der Waals surface area (Å²) in [6, 6.07) is 21.4. The first-order valence-electron chi connectivity index (χ1n) is 13.2. The summed E-state index contributed by atoms with van der Waals surface area (Å²) >= 11 is 0. The minimum atomic E-state index is -0.440. The van der Waals surface area contributed by atoms with E-state index >= 15 is 0 Å². The number of nitrogens with one attached hydrogen (secondary N) is 2. The smallest absolute Gasteiger partial charge is 0.168 e. The van der Waals surface area contributed by atoms with E-state index in [1.54, 1.807) is 18.3 Å². The van der Waals surface area contributed by atoms with Gasteiger partial charge in [0.15, 0.2) is 11.6 Å². The number of aliphatic hydroxyl groups excluding tert-OH is 1. The molecule has 0 aliphatic carbocycles. The van der Waals surface area contributed by atoms with Gasteiger partial charge < -0.3 is 20.3 Å². The number of H-pyrrole nitrogens is 1. The number of piperidine rings is 1. The quantitative estimate of drug-likeness (QED) is 0.233. The minimum Gasteiger partial charge on any atom is -0.393 e. The Morgan fingerprint density at radius 1 is 0.897 bits per heavy atom. The maximum absolute atomic E-state index is 14.9. The summed E-state index contributed by atoms with van der Waals surface area (Å²) in [5.41, 5.74) is 5.72. The highest BCUT2D eigenvalue weighted by Gasteiger charge is 2.18. The second-order valence-corrected chi connectivity index (χ2v) is 10.2. The van der Waals surface area contributed by atoms with Crippen LogP contribution in [0.3, 0.4) is 0 Å². The lowest BCUT2D eigenvalue weighted by Gasteiger charge is -2.31. The molecule has 0 unspecified atom stereocenters. The van der Waals surface area contributed by atoms with E-state index in [4.69, 9.17) is 0 Å². The number of aliphatic hydroxyl groups is 1. The summed E-state index contributed by atoms with van der Waals surface area (Å²) < 4.78 is 14.9. The van der Waals surface area contributed by atoms with Crippen LogP contribution in [0.25, 0.3) is 0 Å². The lowest BCUT2D eigenvalue weighted by molar-refractivity contribution is 0.0985. The van der Waals surface area contributed by atoms with Gasteiger partial charge in [-0.15, -0.1) is 0 Å². The highest BCUT2D eigenvalue weighted by atomic mass is 19.1. The summed E-state index contributed by atoms with van der Waals surface area (Å²) in [5, 5.41) is 12.8. The average Bonchev–Trinajstić information content (AvgIpc) is 3.38. The SMILES string of the molecule is Cc1cc(C(=O)Cc2ccc(Nc3ccc(CC(=O)c4ccc(N5CCC(O)CC5)cc4)cc3F)cc2)c[nH]1. The number of nitrogens with zero attached hydrogens (tertiary/aromatic N) is 1. The van der Waals surface area contributed by atoms with Gasteiger partial charge in [0, 0.05) is 60.3 Å². The van der Waals surface area contributed by atoms with Crippen molar-refractivity contribution in [3.8, 4) is 0 Å². The van der Waals surface area contributed by atoms with Gasteiger partial charge in [0.2, 0.25) is 0 Å². The number of hydrogen-bond acceptors (Lipinski definition) is 5. The van der Waals surface area contributed by atoms with Gasteiger partial charge in [-0.2, -0.15) is 0 Å². The molecule has 2 heterocycles. The van der Waals surface area contributed by atoms with Crippen molar-refractivity contribution in [2.45, 2.75) is 38.7 Å². The fraction of sp³-hybridized carbons (Fsp3) is 0.250. The number of carbonyl (C=O) groups is 2. The van der Waals surface area contributed by atoms with Gasteiger partial charge in [-0.05, 0) is 85.5 Å². The molecular weight excluding hydrogens is 493 g/mol. The predicted molar refractivity (Wildman–Crippen MR) is 152 cm³/mol. The molecule has 3 N–H and O–H groups in total. The Morgan fingerprint density at radius 2 is 1.54 bits per heavy atom. The normalized spacial score (nSPS) is 13.9. The van der Waals surface area contributed by atoms with Gasteiger partial charge in [0.1, 0.15) is 5.82 Å². The number of aromatic amines is 1. The molecule has 4 aromatic rings. The van der Waals surface area contributed by atoms with Gasteiger partial charge >= 0.3 is 0 Å². The van der Waals surface area contributed by atoms with E-state index in [-0.39, 0.29) is 24.1 Å². The van der Waals surface area contributed by atoms with Gasteiger partial charge in [0.25, 0.3) is 0 Å². The van der Waals surface area contributed by atoms with Gasteiger partial charge in [-0.1, -0.05) is 18.2 Å². The average molecular weight is 526 g/mol. The molecule has 0 spiro atoms. The van der Waals surface area contributed by atoms with Crippen LogP contribution in [0.2, 0.25) is 0 Å². The third-order valence-electron chi connectivity index (χ3n) is 7.16. The number of aromatic nitrogens is 1. The molecule has 1 aromatic heterocycles. The van der Waals surface area contributed by atoms with Crippen LogP contribution in [-0.4, -0.2) is 40.9 Å². The van der Waals surface area contributed by atoms with Crippen LogP contribution in [0.15, 0.2) is 79.0 Å². The Morgan fingerprint density at radius 3 is 2.18 bits per heavy atom. The van der Waals surface area contributed by atoms with Crippen molar-refractivity contribution < 1.29 is 19.1 Å². The third-order valence-corrected chi connectivity index (χ3v) is 7.16. The largest absolute Gasteiger partial charge is 0.393 e. The number of aryl methyl sites for hydroxylation is 1. The van der Waals surface area contributed by atoms with Crippen LogP contribution in [0, 0.1) is 12.7 Å². The summed E-state index contributed by atoms with van der Waals surface area (Å²) in [5.74, 6) is -0.476. The standard InChI is InChI=1S/C32H32FN3O3/c1-21-16-25(20-34-21)32(39)18-22-2-7-26(8-3-22)35-30-11-4-23(17-29(30)33)19-31(38)24-5-9-27(10-6-24)36-14-12-28(37)13-15-36/h2-11,16-17,20,28,34-35,37H,12-15,18-19H2,1H3. The van der Waals surface area contributed by atoms with Crippen molar-refractivity contribution in [3.05, 3.63) is 113 Å². The Labute approximate surface area is 227 Å². The number of rotatable bonds is 9. The molecule has 1 fully saturated rings. The molecule has 0 bridgehead atoms. The van der Waals surface area contributed by atoms with Crippen LogP contribution >= 0.6 is 0 Å². The second kappa shape index (κ2) is 11.7. The van der Waals surface area contributed by atoms with E-state index in [0.717, 1.165) is 42.9 Å². The Bertz CT molecular complexity index is 1450. The number of halogens is 1. The van der Waals surface area contributed by atoms with Crippen LogP contribution in [0.1, 0.15) is 50.4 Å². The summed E-state index contributed by atoms with van der Waals surface area (Å²) in [6.07, 6.45) is 3.38. The number of benzene rings is 3. The summed E-state index contributed by atoms with van der Waals surface area (Å²) in [4.78, 5) is 30.5. The lowest BCUT2D eigenvalue weighted by Crippen LogP contribution is -2.35. The van der Waals surface area contributed by atoms with Crippen LogP contribution in [0.5, 0.6) is 0 Å². The first-order chi connectivity index (χ1) is 18.8. The van der Waals surface area contributed by atoms with E-state index in [0.29, 0.717) is 34.5 Å². The Kier molecular flexibility index (Phi) is 7.89. The minimum absolute atomic E-state index is 0.0370. The molecule has 5 rings (SSSR count). The molecule has 0 saturated carbocycles. The molecule has 200 valence electrons. The van der Waals surface area contributed by atoms with Crippen LogP contribution in [-0.2, 0) is 12.8 Å². The molecule has 3 aromatic carbocycles. The first kappa shape index (κ1) is 26.4. The van der Waals surface area contributed by atoms with Gasteiger partial charge in [-0.25, -0.2) is 4.39 Å². The molecule has 1 aliphatic heterocycles. The molecule has 0 amide bonds. The van der Waals surface area contributed by atoms with Gasteiger partial charge in [0.05, 0.1) is 11.8 Å². The maximum atomic E-state index is 14.9. The predicted octanol–water partition coefficient (Wildman–Crippen LogP) is 6.02. The Balaban J connectivity index is 1.16. The van der Waals surface area contributed by atoms with E-state index in [1.807, 2.05) is 61.5 Å². The monoisotopic (exact) mass is 525 g/mol. The zero-order valence-electron chi connectivity index (χ0n) is 21.9. The molecule has 0 radical (unpaired) electrons. The fourth-order valence-electron chi connectivity index (χ4n) is 4.86. The van der Waals surface area contributed by atoms with Crippen LogP contribution < -0.4 is 10.2 Å². The molecule has 0 atom stereocenters. The first-order valence-corrected chi connectivity index (χ1v) is 13.2. The van der Waals surface area contributed by atoms with Crippen molar-refractivity contribution in [2.24, 2.45) is 0 Å². The molecule has 7 heteroatoms. The van der Waals surface area contributed by atoms with Gasteiger partial charge in [-0.3, -0.25) is 9.59 Å². The summed E-state index contributed by atoms with van der Waals surface area (Å²) in [7, 11) is 0. The highest BCUT2D eigenvalue weighted by molar-refractivity contribution is 5.98. The third kappa shape index (κ3) is 6.62. The van der Waals surface area contributed by atoms with Crippen LogP contribution in [0.4, 0.5) is 21.5 Å². The van der Waals surface area contributed by atoms with Crippen molar-refractivity contribution in [1.29, 1.82) is 0 Å². The fourth-order valence-corrected chi connectivity index (χ4v) is 4.86. The number of anilines is 3. The van der Waals surface area contributed by atoms with Crippen molar-refractivity contribution in [1.82, 2.24) is 4.98 Å². The molecule has 6 nitrogen and oxygen atoms in total. The second-order valence-electron chi connectivity index (χ2n) is 10.2. The number of Topliss-reactive ketones (excluding diaryl/α,β-unsaturated/α-hetero) is 2. The zero-order chi connectivity index (χ0) is 27.4. The lowest BCUT2D eigenvalue weighted by atomic mass is 10.0. The number of hydrogen-bond donors (Lipinski definition) is 3. The number of carbonyl (C=O) groups excluding carboxylic acids is 2. The van der Waals surface area contributed by atoms with E-state index in [9.17, 15) is 19.1 Å². The molecule has 39 heavy (non-hydrogen) atoms. The molecule has 1 saturated heterocycles. The highest BCUT2D eigenvalue weighted by Crippen LogP contribution is 2.24. The van der Waals surface area contributed by atoms with E-state index < -0.39 is 5.82 Å². The topological polar surface area (TPSA) is 85.4 Å². The Hall–Kier alpha value is -4.23. The molecule has 1 aliphatic rings. The van der Waals surface area contributed by atoms with Crippen molar-refractivity contribution >= 4 is 28.6 Å². The maximum Gasteiger partial charge on any atom is 0.168 e. The van der Waals surface area contributed by atoms with E-state index in [1.165, 1.54) is 6.07 Å². The van der Waals surface area contributed by atoms with Crippen molar-refractivity contribution in [2.75, 3.05) is 23.3 Å². The summed E-state index contributed by atoms with van der Waals surface area (Å²) in [6.45, 7) is 3.50. The van der Waals surface area contributed by atoms with Crippen molar-refractivity contribution in [3.63, 3.8) is 0 Å². The zero-order valence-corrected chi connectivity index (χ0v) is 21.9. The molecular formula is C32H32FN3O3. The van der Waals surface area contributed by atoms with E-state index in [2.05, 4.69) is 15.2 Å². The number of ketones is 2.